The topological polar surface area (TPSA) is 55.6 Å². The van der Waals surface area contributed by atoms with Gasteiger partial charge < -0.3 is 15.4 Å². The molecule has 1 heterocycles. The Balaban J connectivity index is 0.00000162. The third-order valence-corrected chi connectivity index (χ3v) is 3.96. The van der Waals surface area contributed by atoms with Gasteiger partial charge in [-0.15, -0.1) is 12.4 Å². The summed E-state index contributed by atoms with van der Waals surface area (Å²) < 4.78 is 6.01. The highest BCUT2D eigenvalue weighted by atomic mass is 35.5. The van der Waals surface area contributed by atoms with E-state index >= 15 is 0 Å². The smallest absolute Gasteiger partial charge is 0.239 e. The Bertz CT molecular complexity index is 276. The molecule has 1 atom stereocenters. The fourth-order valence-corrected chi connectivity index (χ4v) is 3.00. The number of hydrogen-bond acceptors (Lipinski definition) is 3. The van der Waals surface area contributed by atoms with Crippen LogP contribution in [-0.2, 0) is 9.53 Å². The van der Waals surface area contributed by atoms with E-state index in [1.54, 1.807) is 6.92 Å². The summed E-state index contributed by atoms with van der Waals surface area (Å²) in [6.45, 7) is 3.87. The Morgan fingerprint density at radius 2 is 1.89 bits per heavy atom. The van der Waals surface area contributed by atoms with Crippen LogP contribution in [0.1, 0.15) is 45.4 Å². The van der Waals surface area contributed by atoms with E-state index in [1.807, 2.05) is 4.90 Å². The van der Waals surface area contributed by atoms with E-state index in [-0.39, 0.29) is 23.9 Å². The van der Waals surface area contributed by atoms with Gasteiger partial charge in [0, 0.05) is 13.1 Å². The van der Waals surface area contributed by atoms with Crippen LogP contribution in [0, 0.1) is 0 Å². The lowest BCUT2D eigenvalue weighted by Crippen LogP contribution is -2.56. The lowest BCUT2D eigenvalue weighted by atomic mass is 9.92. The predicted octanol–water partition coefficient (Wildman–Crippen LogP) is 1.71. The van der Waals surface area contributed by atoms with Gasteiger partial charge >= 0.3 is 0 Å². The summed E-state index contributed by atoms with van der Waals surface area (Å²) in [6, 6.07) is -0.393. The first-order chi connectivity index (χ1) is 8.13. The molecule has 2 N–H and O–H groups in total. The van der Waals surface area contributed by atoms with Gasteiger partial charge in [0.15, 0.2) is 0 Å². The second kappa shape index (κ2) is 6.73. The summed E-state index contributed by atoms with van der Waals surface area (Å²) in [5, 5.41) is 0. The van der Waals surface area contributed by atoms with Gasteiger partial charge in [-0.1, -0.05) is 25.7 Å². The highest BCUT2D eigenvalue weighted by molar-refractivity contribution is 5.85. The van der Waals surface area contributed by atoms with E-state index in [2.05, 4.69) is 0 Å². The molecule has 106 valence electrons. The average molecular weight is 277 g/mol. The summed E-state index contributed by atoms with van der Waals surface area (Å²) in [5.41, 5.74) is 5.61. The van der Waals surface area contributed by atoms with Gasteiger partial charge in [0.2, 0.25) is 5.91 Å². The minimum atomic E-state index is -0.393. The Kier molecular flexibility index (Phi) is 5.89. The van der Waals surface area contributed by atoms with Gasteiger partial charge in [0.1, 0.15) is 0 Å². The molecule has 1 aliphatic heterocycles. The van der Waals surface area contributed by atoms with Crippen LogP contribution in [-0.4, -0.2) is 42.1 Å². The van der Waals surface area contributed by atoms with Crippen molar-refractivity contribution in [1.82, 2.24) is 4.90 Å². The minimum absolute atomic E-state index is 0. The van der Waals surface area contributed by atoms with Crippen molar-refractivity contribution in [3.63, 3.8) is 0 Å². The van der Waals surface area contributed by atoms with Crippen molar-refractivity contribution < 1.29 is 9.53 Å². The number of carbonyl (C=O) groups excluding carboxylic acids is 1. The van der Waals surface area contributed by atoms with Crippen molar-refractivity contribution in [3.8, 4) is 0 Å². The van der Waals surface area contributed by atoms with Crippen molar-refractivity contribution in [2.75, 3.05) is 19.7 Å². The third kappa shape index (κ3) is 3.59. The first-order valence-electron chi connectivity index (χ1n) is 6.81. The molecule has 0 aromatic rings. The molecular weight excluding hydrogens is 252 g/mol. The molecule has 2 aliphatic rings. The summed E-state index contributed by atoms with van der Waals surface area (Å²) in [6.07, 6.45) is 7.23. The lowest BCUT2D eigenvalue weighted by molar-refractivity contribution is -0.153. The van der Waals surface area contributed by atoms with Gasteiger partial charge in [0.25, 0.3) is 0 Å². The van der Waals surface area contributed by atoms with Crippen molar-refractivity contribution in [2.45, 2.75) is 57.1 Å². The van der Waals surface area contributed by atoms with E-state index in [1.165, 1.54) is 25.7 Å². The number of rotatable bonds is 1. The molecule has 2 rings (SSSR count). The largest absolute Gasteiger partial charge is 0.371 e. The summed E-state index contributed by atoms with van der Waals surface area (Å²) >= 11 is 0. The number of nitrogens with two attached hydrogens (primary N) is 1. The van der Waals surface area contributed by atoms with E-state index in [0.717, 1.165) is 19.4 Å². The Labute approximate surface area is 116 Å². The molecular formula is C13H25ClN2O2. The third-order valence-electron chi connectivity index (χ3n) is 3.96. The zero-order valence-corrected chi connectivity index (χ0v) is 12.0. The van der Waals surface area contributed by atoms with Gasteiger partial charge in [-0.05, 0) is 19.8 Å². The highest BCUT2D eigenvalue weighted by Gasteiger charge is 2.38. The Morgan fingerprint density at radius 1 is 1.28 bits per heavy atom. The fourth-order valence-electron chi connectivity index (χ4n) is 3.00. The van der Waals surface area contributed by atoms with E-state index in [4.69, 9.17) is 10.5 Å². The molecule has 0 radical (unpaired) electrons. The van der Waals surface area contributed by atoms with Crippen LogP contribution in [0.3, 0.4) is 0 Å². The Hall–Kier alpha value is -0.320. The predicted molar refractivity (Wildman–Crippen MR) is 73.9 cm³/mol. The summed E-state index contributed by atoms with van der Waals surface area (Å²) in [7, 11) is 0. The first kappa shape index (κ1) is 15.7. The number of ether oxygens (including phenoxy) is 1. The normalized spacial score (nSPS) is 25.1. The molecule has 0 bridgehead atoms. The quantitative estimate of drug-likeness (QED) is 0.793. The fraction of sp³-hybridized carbons (Fsp3) is 0.923. The highest BCUT2D eigenvalue weighted by Crippen LogP contribution is 2.33. The molecule has 5 heteroatoms. The number of nitrogens with zero attached hydrogens (tertiary/aromatic N) is 1. The number of halogens is 1. The molecule has 0 aromatic heterocycles. The zero-order chi connectivity index (χ0) is 12.3. The molecule has 1 aliphatic carbocycles. The summed E-state index contributed by atoms with van der Waals surface area (Å²) in [5.74, 6) is 0.0666. The van der Waals surface area contributed by atoms with E-state index in [9.17, 15) is 4.79 Å². The van der Waals surface area contributed by atoms with E-state index in [0.29, 0.717) is 13.2 Å². The molecule has 2 fully saturated rings. The van der Waals surface area contributed by atoms with Crippen LogP contribution in [0.5, 0.6) is 0 Å². The number of hydrogen-bond donors (Lipinski definition) is 1. The van der Waals surface area contributed by atoms with Gasteiger partial charge in [-0.25, -0.2) is 0 Å². The maximum Gasteiger partial charge on any atom is 0.239 e. The molecule has 1 amide bonds. The second-order valence-electron chi connectivity index (χ2n) is 5.49. The second-order valence-corrected chi connectivity index (χ2v) is 5.49. The van der Waals surface area contributed by atoms with Gasteiger partial charge in [-0.2, -0.15) is 0 Å². The van der Waals surface area contributed by atoms with Crippen molar-refractivity contribution in [2.24, 2.45) is 5.73 Å². The minimum Gasteiger partial charge on any atom is -0.371 e. The number of carbonyl (C=O) groups is 1. The van der Waals surface area contributed by atoms with Crippen LogP contribution in [0.2, 0.25) is 0 Å². The summed E-state index contributed by atoms with van der Waals surface area (Å²) in [4.78, 5) is 13.9. The zero-order valence-electron chi connectivity index (χ0n) is 11.2. The van der Waals surface area contributed by atoms with Crippen LogP contribution in [0.4, 0.5) is 0 Å². The molecule has 1 saturated heterocycles. The maximum absolute atomic E-state index is 12.0. The van der Waals surface area contributed by atoms with Gasteiger partial charge in [0.05, 0.1) is 18.2 Å². The van der Waals surface area contributed by atoms with E-state index < -0.39 is 6.04 Å². The van der Waals surface area contributed by atoms with Crippen molar-refractivity contribution in [3.05, 3.63) is 0 Å². The van der Waals surface area contributed by atoms with Crippen LogP contribution >= 0.6 is 12.4 Å². The van der Waals surface area contributed by atoms with Crippen LogP contribution in [0.15, 0.2) is 0 Å². The number of morpholine rings is 1. The van der Waals surface area contributed by atoms with Crippen LogP contribution < -0.4 is 5.73 Å². The van der Waals surface area contributed by atoms with Crippen molar-refractivity contribution in [1.29, 1.82) is 0 Å². The molecule has 1 spiro atoms. The van der Waals surface area contributed by atoms with Gasteiger partial charge in [-0.3, -0.25) is 4.79 Å². The SMILES string of the molecule is CC(N)C(=O)N1CCOC2(CCCCCC2)C1.Cl. The molecule has 1 saturated carbocycles. The standard InChI is InChI=1S/C13H24N2O2.ClH/c1-11(14)12(16)15-8-9-17-13(10-15)6-4-2-3-5-7-13;/h11H,2-10,14H2,1H3;1H. The molecule has 0 aromatic carbocycles. The molecule has 1 unspecified atom stereocenters. The maximum atomic E-state index is 12.0. The molecule has 18 heavy (non-hydrogen) atoms. The first-order valence-corrected chi connectivity index (χ1v) is 6.81. The van der Waals surface area contributed by atoms with Crippen molar-refractivity contribution >= 4 is 18.3 Å². The number of amides is 1. The monoisotopic (exact) mass is 276 g/mol. The van der Waals surface area contributed by atoms with Crippen LogP contribution in [0.25, 0.3) is 0 Å². The lowest BCUT2D eigenvalue weighted by Gasteiger charge is -2.43. The average Bonchev–Trinajstić information content (AvgIpc) is 2.54. The molecule has 4 nitrogen and oxygen atoms in total. The Morgan fingerprint density at radius 3 is 2.44 bits per heavy atom.